The van der Waals surface area contributed by atoms with Crippen molar-refractivity contribution in [2.75, 3.05) is 5.73 Å². The van der Waals surface area contributed by atoms with E-state index in [2.05, 4.69) is 9.97 Å². The van der Waals surface area contributed by atoms with Crippen LogP contribution in [0, 0.1) is 19.7 Å². The van der Waals surface area contributed by atoms with E-state index in [-0.39, 0.29) is 23.7 Å². The Hall–Kier alpha value is -4.85. The summed E-state index contributed by atoms with van der Waals surface area (Å²) in [4.78, 5) is 22.6. The Morgan fingerprint density at radius 3 is 2.43 bits per heavy atom. The normalized spacial score (nSPS) is 11.4. The molecule has 6 rings (SSSR count). The number of hydrogen-bond acceptors (Lipinski definition) is 5. The van der Waals surface area contributed by atoms with E-state index < -0.39 is 0 Å². The van der Waals surface area contributed by atoms with E-state index >= 15 is 0 Å². The number of aromatic nitrogens is 5. The molecule has 0 radical (unpaired) electrons. The summed E-state index contributed by atoms with van der Waals surface area (Å²) in [5, 5.41) is 6.94. The maximum absolute atomic E-state index is 13.9. The van der Waals surface area contributed by atoms with Crippen molar-refractivity contribution in [3.8, 4) is 16.9 Å². The molecule has 2 N–H and O–H groups in total. The molecule has 8 heteroatoms. The number of nitrogens with zero attached hydrogens (tertiary/aromatic N) is 5. The van der Waals surface area contributed by atoms with Crippen molar-refractivity contribution in [1.29, 1.82) is 0 Å². The van der Waals surface area contributed by atoms with Crippen molar-refractivity contribution in [1.82, 2.24) is 24.3 Å². The van der Waals surface area contributed by atoms with Gasteiger partial charge in [-0.2, -0.15) is 5.10 Å². The van der Waals surface area contributed by atoms with Crippen LogP contribution in [0.4, 0.5) is 10.2 Å². The first kappa shape index (κ1) is 22.6. The molecule has 0 saturated heterocycles. The molecule has 0 spiro atoms. The predicted molar refractivity (Wildman–Crippen MR) is 143 cm³/mol. The number of pyridine rings is 1. The molecule has 182 valence electrons. The second-order valence-electron chi connectivity index (χ2n) is 9.07. The maximum Gasteiger partial charge on any atom is 0.263 e. The Balaban J connectivity index is 1.62. The van der Waals surface area contributed by atoms with Crippen molar-refractivity contribution in [2.24, 2.45) is 0 Å². The van der Waals surface area contributed by atoms with Crippen LogP contribution in [0.25, 0.3) is 38.8 Å². The number of rotatable bonds is 4. The van der Waals surface area contributed by atoms with Crippen LogP contribution in [-0.4, -0.2) is 24.3 Å². The number of nitrogen functional groups attached to an aromatic ring is 1. The van der Waals surface area contributed by atoms with Crippen LogP contribution in [0.5, 0.6) is 0 Å². The summed E-state index contributed by atoms with van der Waals surface area (Å²) in [6.45, 7) is 4.18. The van der Waals surface area contributed by atoms with Crippen LogP contribution in [0.3, 0.4) is 0 Å². The number of hydrogen-bond donors (Lipinski definition) is 1. The number of halogens is 1. The van der Waals surface area contributed by atoms with Gasteiger partial charge in [-0.15, -0.1) is 0 Å². The molecule has 0 amide bonds. The van der Waals surface area contributed by atoms with Gasteiger partial charge in [0.2, 0.25) is 0 Å². The number of anilines is 1. The molecule has 3 aromatic carbocycles. The third-order valence-electron chi connectivity index (χ3n) is 6.68. The standard InChI is InChI=1S/C29H23FN6O/c1-17-6-3-4-9-23(17)36-22(14-20-8-5-7-18(2)24(20)29(36)37)15-35-28-25(27(31)32-16-33-28)26(34-35)19-10-12-21(30)13-11-19/h3-14,16H,15H2,1-2H3,(H2,31,32,33). The minimum atomic E-state index is -0.342. The highest BCUT2D eigenvalue weighted by Crippen LogP contribution is 2.31. The summed E-state index contributed by atoms with van der Waals surface area (Å²) in [6, 6.07) is 21.7. The summed E-state index contributed by atoms with van der Waals surface area (Å²) >= 11 is 0. The van der Waals surface area contributed by atoms with Gasteiger partial charge in [0.05, 0.1) is 23.0 Å². The molecule has 0 saturated carbocycles. The van der Waals surface area contributed by atoms with E-state index in [1.54, 1.807) is 21.4 Å². The van der Waals surface area contributed by atoms with E-state index in [1.807, 2.05) is 62.4 Å². The Morgan fingerprint density at radius 1 is 0.892 bits per heavy atom. The molecule has 3 heterocycles. The fourth-order valence-electron chi connectivity index (χ4n) is 4.89. The first-order valence-electron chi connectivity index (χ1n) is 11.9. The minimum absolute atomic E-state index is 0.0933. The molecule has 0 unspecified atom stereocenters. The molecule has 0 bridgehead atoms. The molecule has 0 aliphatic rings. The first-order valence-corrected chi connectivity index (χ1v) is 11.9. The molecular weight excluding hydrogens is 467 g/mol. The fraction of sp³-hybridized carbons (Fsp3) is 0.103. The Kier molecular flexibility index (Phi) is 5.30. The Labute approximate surface area is 211 Å². The van der Waals surface area contributed by atoms with Gasteiger partial charge in [0.1, 0.15) is 23.7 Å². The second kappa shape index (κ2) is 8.67. The first-order chi connectivity index (χ1) is 17.9. The van der Waals surface area contributed by atoms with Crippen LogP contribution < -0.4 is 11.3 Å². The van der Waals surface area contributed by atoms with Gasteiger partial charge >= 0.3 is 0 Å². The number of para-hydroxylation sites is 1. The molecular formula is C29H23FN6O. The van der Waals surface area contributed by atoms with Gasteiger partial charge in [-0.3, -0.25) is 9.36 Å². The second-order valence-corrected chi connectivity index (χ2v) is 9.07. The molecule has 0 aliphatic carbocycles. The smallest absolute Gasteiger partial charge is 0.263 e. The molecule has 6 aromatic rings. The number of nitrogens with two attached hydrogens (primary N) is 1. The zero-order valence-electron chi connectivity index (χ0n) is 20.3. The lowest BCUT2D eigenvalue weighted by atomic mass is 10.1. The number of aryl methyl sites for hydroxylation is 2. The summed E-state index contributed by atoms with van der Waals surface area (Å²) < 4.78 is 17.1. The molecule has 37 heavy (non-hydrogen) atoms. The van der Waals surface area contributed by atoms with Crippen molar-refractivity contribution < 1.29 is 4.39 Å². The van der Waals surface area contributed by atoms with Crippen LogP contribution in [0.1, 0.15) is 16.8 Å². The molecule has 0 aliphatic heterocycles. The van der Waals surface area contributed by atoms with Crippen molar-refractivity contribution in [2.45, 2.75) is 20.4 Å². The van der Waals surface area contributed by atoms with Gasteiger partial charge in [0, 0.05) is 11.3 Å². The highest BCUT2D eigenvalue weighted by atomic mass is 19.1. The molecule has 0 atom stereocenters. The Bertz CT molecular complexity index is 1870. The monoisotopic (exact) mass is 490 g/mol. The van der Waals surface area contributed by atoms with E-state index in [1.165, 1.54) is 18.5 Å². The maximum atomic E-state index is 13.9. The third kappa shape index (κ3) is 3.74. The summed E-state index contributed by atoms with van der Waals surface area (Å²) in [6.07, 6.45) is 1.39. The highest BCUT2D eigenvalue weighted by molar-refractivity contribution is 5.98. The van der Waals surface area contributed by atoms with Gasteiger partial charge in [0.15, 0.2) is 5.65 Å². The Morgan fingerprint density at radius 2 is 1.65 bits per heavy atom. The third-order valence-corrected chi connectivity index (χ3v) is 6.68. The van der Waals surface area contributed by atoms with E-state index in [0.717, 1.165) is 27.9 Å². The van der Waals surface area contributed by atoms with Crippen LogP contribution in [0.2, 0.25) is 0 Å². The number of benzene rings is 3. The zero-order valence-corrected chi connectivity index (χ0v) is 20.3. The average molecular weight is 491 g/mol. The largest absolute Gasteiger partial charge is 0.383 e. The van der Waals surface area contributed by atoms with Crippen LogP contribution in [-0.2, 0) is 6.54 Å². The molecule has 0 fully saturated rings. The van der Waals surface area contributed by atoms with Crippen molar-refractivity contribution in [3.63, 3.8) is 0 Å². The topological polar surface area (TPSA) is 91.6 Å². The predicted octanol–water partition coefficient (Wildman–Crippen LogP) is 5.18. The van der Waals surface area contributed by atoms with Gasteiger partial charge in [0.25, 0.3) is 5.56 Å². The van der Waals surface area contributed by atoms with E-state index in [0.29, 0.717) is 27.7 Å². The van der Waals surface area contributed by atoms with Crippen molar-refractivity contribution in [3.05, 3.63) is 112 Å². The SMILES string of the molecule is Cc1ccccc1-n1c(Cn2nc(-c3ccc(F)cc3)c3c(N)ncnc32)cc2cccc(C)c2c1=O. The lowest BCUT2D eigenvalue weighted by Gasteiger charge is -2.17. The average Bonchev–Trinajstić information content (AvgIpc) is 3.25. The van der Waals surface area contributed by atoms with Crippen LogP contribution in [0.15, 0.2) is 83.9 Å². The fourth-order valence-corrected chi connectivity index (χ4v) is 4.89. The van der Waals surface area contributed by atoms with Crippen molar-refractivity contribution >= 4 is 27.6 Å². The molecule has 7 nitrogen and oxygen atoms in total. The summed E-state index contributed by atoms with van der Waals surface area (Å²) in [5.74, 6) is -0.0635. The number of fused-ring (bicyclic) bond motifs is 2. The summed E-state index contributed by atoms with van der Waals surface area (Å²) in [5.41, 5.74) is 11.4. The lowest BCUT2D eigenvalue weighted by Crippen LogP contribution is -2.25. The molecule has 3 aromatic heterocycles. The van der Waals surface area contributed by atoms with E-state index in [4.69, 9.17) is 10.8 Å². The van der Waals surface area contributed by atoms with Gasteiger partial charge in [-0.1, -0.05) is 36.4 Å². The van der Waals surface area contributed by atoms with E-state index in [9.17, 15) is 9.18 Å². The zero-order chi connectivity index (χ0) is 25.7. The van der Waals surface area contributed by atoms with Gasteiger partial charge in [-0.25, -0.2) is 19.0 Å². The van der Waals surface area contributed by atoms with Crippen LogP contribution >= 0.6 is 0 Å². The minimum Gasteiger partial charge on any atom is -0.383 e. The highest BCUT2D eigenvalue weighted by Gasteiger charge is 2.20. The lowest BCUT2D eigenvalue weighted by molar-refractivity contribution is 0.628. The van der Waals surface area contributed by atoms with Gasteiger partial charge in [-0.05, 0) is 66.8 Å². The summed E-state index contributed by atoms with van der Waals surface area (Å²) in [7, 11) is 0. The quantitative estimate of drug-likeness (QED) is 0.368. The van der Waals surface area contributed by atoms with Gasteiger partial charge < -0.3 is 5.73 Å².